The minimum atomic E-state index is -2.79. The molecule has 5 heteroatoms. The fourth-order valence-electron chi connectivity index (χ4n) is 9.21. The predicted octanol–water partition coefficient (Wildman–Crippen LogP) is 4.52. The Hall–Kier alpha value is -1.06. The van der Waals surface area contributed by atoms with E-state index in [1.54, 1.807) is 32.6 Å². The minimum Gasteiger partial charge on any atom is -1.00 e. The van der Waals surface area contributed by atoms with Crippen LogP contribution in [-0.2, 0) is 47.4 Å². The summed E-state index contributed by atoms with van der Waals surface area (Å²) in [6.45, 7) is 19.0. The Morgan fingerprint density at radius 2 is 0.804 bits per heavy atom. The van der Waals surface area contributed by atoms with Crippen molar-refractivity contribution in [2.75, 3.05) is 0 Å². The van der Waals surface area contributed by atoms with Crippen LogP contribution in [0.5, 0.6) is 0 Å². The van der Waals surface area contributed by atoms with Crippen molar-refractivity contribution >= 4 is 23.6 Å². The van der Waals surface area contributed by atoms with Gasteiger partial charge in [0.15, 0.2) is 0 Å². The number of benzene rings is 3. The van der Waals surface area contributed by atoms with Crippen molar-refractivity contribution in [1.82, 2.24) is 0 Å². The van der Waals surface area contributed by atoms with Gasteiger partial charge in [0.25, 0.3) is 0 Å². The molecule has 1 unspecified atom stereocenters. The molecule has 308 valence electrons. The van der Waals surface area contributed by atoms with E-state index in [1.807, 2.05) is 0 Å². The summed E-state index contributed by atoms with van der Waals surface area (Å²) in [4.78, 5) is 0. The Balaban J connectivity index is 0.00000756. The van der Waals surface area contributed by atoms with Crippen molar-refractivity contribution in [2.45, 2.75) is 189 Å². The van der Waals surface area contributed by atoms with Gasteiger partial charge < -0.3 is 37.2 Å². The van der Waals surface area contributed by atoms with E-state index in [9.17, 15) is 0 Å². The zero-order valence-corrected chi connectivity index (χ0v) is 41.5. The monoisotopic (exact) mass is 868 g/mol. The summed E-state index contributed by atoms with van der Waals surface area (Å²) in [6, 6.07) is 27.9. The second-order valence-electron chi connectivity index (χ2n) is 16.6. The summed E-state index contributed by atoms with van der Waals surface area (Å²) in [6.07, 6.45) is 29.9. The van der Waals surface area contributed by atoms with E-state index in [-0.39, 0.29) is 64.0 Å². The fraction of sp³-hybridized carbons (Fsp3) is 0.569. The maximum absolute atomic E-state index is 4.29. The summed E-state index contributed by atoms with van der Waals surface area (Å²) in [5.41, 5.74) is 10.5. The van der Waals surface area contributed by atoms with Crippen molar-refractivity contribution in [1.29, 1.82) is 0 Å². The van der Waals surface area contributed by atoms with Gasteiger partial charge in [-0.05, 0) is 89.2 Å². The Kier molecular flexibility index (Phi) is 27.9. The number of rotatable bonds is 24. The van der Waals surface area contributed by atoms with Gasteiger partial charge >= 0.3 is 21.7 Å². The molecule has 0 saturated heterocycles. The zero-order valence-electron chi connectivity index (χ0n) is 36.6. The van der Waals surface area contributed by atoms with Gasteiger partial charge in [-0.3, -0.25) is 6.08 Å². The number of unbranched alkanes of at least 4 members (excludes halogenated alkanes) is 12. The molecule has 1 aliphatic rings. The van der Waals surface area contributed by atoms with Crippen LogP contribution in [-0.4, -0.2) is 8.07 Å². The number of allylic oxidation sites excluding steroid dienone is 4. The number of halogens is 3. The molecule has 0 amide bonds. The van der Waals surface area contributed by atoms with E-state index in [0.29, 0.717) is 0 Å². The Morgan fingerprint density at radius 1 is 0.464 bits per heavy atom. The van der Waals surface area contributed by atoms with Crippen molar-refractivity contribution in [3.63, 3.8) is 0 Å². The van der Waals surface area contributed by atoms with Gasteiger partial charge in [-0.15, -0.1) is 6.92 Å². The molecule has 0 saturated carbocycles. The van der Waals surface area contributed by atoms with E-state index in [4.69, 9.17) is 0 Å². The van der Waals surface area contributed by atoms with Crippen molar-refractivity contribution < 1.29 is 58.9 Å². The first-order chi connectivity index (χ1) is 25.2. The first-order valence-corrected chi connectivity index (χ1v) is 23.9. The quantitative estimate of drug-likeness (QED) is 0.0539. The first kappa shape index (κ1) is 54.9. The van der Waals surface area contributed by atoms with Gasteiger partial charge in [-0.25, -0.2) is 5.57 Å². The Bertz CT molecular complexity index is 1460. The van der Waals surface area contributed by atoms with Crippen LogP contribution in [0.4, 0.5) is 0 Å². The molecule has 0 bridgehead atoms. The van der Waals surface area contributed by atoms with Gasteiger partial charge in [0.2, 0.25) is 0 Å². The van der Waals surface area contributed by atoms with Crippen LogP contribution < -0.4 is 52.8 Å². The molecule has 0 aliphatic heterocycles. The first-order valence-electron chi connectivity index (χ1n) is 21.9. The molecular formula is C51H75Cl3SiTi. The topological polar surface area (TPSA) is 0 Å². The number of aryl methyl sites for hydroxylation is 4. The number of hydrogen-bond donors (Lipinski definition) is 0. The minimum absolute atomic E-state index is 0. The Labute approximate surface area is 380 Å². The van der Waals surface area contributed by atoms with E-state index in [2.05, 4.69) is 128 Å². The fourth-order valence-corrected chi connectivity index (χ4v) is 15.4. The maximum atomic E-state index is 4.29. The number of hydrogen-bond acceptors (Lipinski definition) is 0. The molecule has 3 aromatic rings. The molecule has 0 N–H and O–H groups in total. The van der Waals surface area contributed by atoms with E-state index < -0.39 is 8.07 Å². The molecule has 0 fully saturated rings. The van der Waals surface area contributed by atoms with Gasteiger partial charge in [0.05, 0.1) is 0 Å². The predicted molar refractivity (Wildman–Crippen MR) is 235 cm³/mol. The van der Waals surface area contributed by atoms with Crippen LogP contribution in [0.15, 0.2) is 83.4 Å². The molecule has 0 spiro atoms. The van der Waals surface area contributed by atoms with Crippen LogP contribution in [0.3, 0.4) is 0 Å². The summed E-state index contributed by atoms with van der Waals surface area (Å²) in [5, 5.41) is 4.54. The van der Waals surface area contributed by atoms with Crippen molar-refractivity contribution in [2.24, 2.45) is 0 Å². The van der Waals surface area contributed by atoms with Crippen molar-refractivity contribution in [3.8, 4) is 0 Å². The van der Waals surface area contributed by atoms with Gasteiger partial charge in [0.1, 0.15) is 8.07 Å². The standard InChI is InChI=1S/C51H75Si.3ClH.Ti/c1-9-13-17-22-28-44-34-45(29-23-18-14-10-2)37-49(36-44)52(48-32-26-21-27-33-48,51(8)40-41(5)42(6)43(51)7)50-38-46(30-24-19-15-11-3)35-47(39-50)31-25-20-16-12-4;;;;/h21,26-27,32-39H,9-20,22-25,28-31H2,1-8H3;3*1H;/q-1;;;;+4/p-3. The normalized spacial score (nSPS) is 15.0. The average molecular weight is 870 g/mol. The average Bonchev–Trinajstić information content (AvgIpc) is 3.35. The largest absolute Gasteiger partial charge is 4.00 e. The maximum Gasteiger partial charge on any atom is 4.00 e. The molecule has 56 heavy (non-hydrogen) atoms. The van der Waals surface area contributed by atoms with Crippen LogP contribution in [0.2, 0.25) is 5.04 Å². The molecule has 1 atom stereocenters. The molecule has 0 heterocycles. The van der Waals surface area contributed by atoms with Crippen LogP contribution >= 0.6 is 0 Å². The molecule has 0 radical (unpaired) electrons. The van der Waals surface area contributed by atoms with E-state index in [1.165, 1.54) is 150 Å². The molecule has 4 rings (SSSR count). The van der Waals surface area contributed by atoms with Gasteiger partial charge in [0, 0.05) is 0 Å². The van der Waals surface area contributed by atoms with Crippen molar-refractivity contribution in [3.05, 3.63) is 112 Å². The molecule has 0 nitrogen and oxygen atoms in total. The SMILES string of the molecule is CCCCCCc1cc(CCCCCC)cc([Si](c2ccccc2)(c2cc(CCCCCC)cc(CCCCCC)c2)C2(C)[C-]=C(C)C(C)=C2C)c1.[Cl-].[Cl-].[Cl-].[Ti+4]. The third kappa shape index (κ3) is 14.0. The molecule has 3 aromatic carbocycles. The summed E-state index contributed by atoms with van der Waals surface area (Å²) in [5.74, 6) is 0. The van der Waals surface area contributed by atoms with Gasteiger partial charge in [-0.1, -0.05) is 197 Å². The molecular weight excluding hydrogens is 795 g/mol. The summed E-state index contributed by atoms with van der Waals surface area (Å²) < 4.78 is 0. The zero-order chi connectivity index (χ0) is 37.4. The second kappa shape index (κ2) is 28.4. The van der Waals surface area contributed by atoms with Crippen LogP contribution in [0, 0.1) is 6.08 Å². The third-order valence-corrected chi connectivity index (χ3v) is 18.0. The molecule has 0 aromatic heterocycles. The van der Waals surface area contributed by atoms with Crippen LogP contribution in [0.25, 0.3) is 0 Å². The summed E-state index contributed by atoms with van der Waals surface area (Å²) in [7, 11) is -2.79. The van der Waals surface area contributed by atoms with E-state index >= 15 is 0 Å². The third-order valence-electron chi connectivity index (χ3n) is 12.5. The van der Waals surface area contributed by atoms with Crippen LogP contribution in [0.1, 0.15) is 180 Å². The second-order valence-corrected chi connectivity index (χ2v) is 20.8. The van der Waals surface area contributed by atoms with E-state index in [0.717, 1.165) is 0 Å². The van der Waals surface area contributed by atoms with Gasteiger partial charge in [-0.2, -0.15) is 11.1 Å². The summed E-state index contributed by atoms with van der Waals surface area (Å²) >= 11 is 0. The smallest absolute Gasteiger partial charge is 1.00 e. The Morgan fingerprint density at radius 3 is 1.09 bits per heavy atom. The molecule has 1 aliphatic carbocycles.